The van der Waals surface area contributed by atoms with Crippen LogP contribution in [0.15, 0.2) is 29.8 Å². The highest BCUT2D eigenvalue weighted by Gasteiger charge is 2.27. The predicted octanol–water partition coefficient (Wildman–Crippen LogP) is 2.41. The molecule has 2 aromatic rings. The summed E-state index contributed by atoms with van der Waals surface area (Å²) >= 11 is 1.11. The van der Waals surface area contributed by atoms with Gasteiger partial charge in [0.25, 0.3) is 5.91 Å². The number of rotatable bonds is 7. The van der Waals surface area contributed by atoms with Gasteiger partial charge in [0.1, 0.15) is 12.1 Å². The molecule has 0 saturated heterocycles. The number of ether oxygens (including phenoxy) is 2. The molecular weight excluding hydrogens is 363 g/mol. The summed E-state index contributed by atoms with van der Waals surface area (Å²) in [6.45, 7) is -2.09. The van der Waals surface area contributed by atoms with E-state index < -0.39 is 31.3 Å². The number of anilines is 1. The van der Waals surface area contributed by atoms with Gasteiger partial charge in [0.05, 0.1) is 12.2 Å². The van der Waals surface area contributed by atoms with E-state index in [0.29, 0.717) is 5.56 Å². The Kier molecular flexibility index (Phi) is 6.42. The van der Waals surface area contributed by atoms with Crippen LogP contribution in [0.1, 0.15) is 15.9 Å². The molecule has 0 saturated carbocycles. The zero-order valence-corrected chi connectivity index (χ0v) is 13.4. The lowest BCUT2D eigenvalue weighted by molar-refractivity contribution is -0.176. The van der Waals surface area contributed by atoms with Crippen LogP contribution in [0.3, 0.4) is 0 Å². The third kappa shape index (κ3) is 6.85. The van der Waals surface area contributed by atoms with Gasteiger partial charge in [0.15, 0.2) is 6.61 Å². The molecule has 0 aliphatic carbocycles. The highest BCUT2D eigenvalue weighted by atomic mass is 32.1. The molecule has 0 unspecified atom stereocenters. The average molecular weight is 375 g/mol. The molecule has 1 amide bonds. The molecule has 1 heterocycles. The van der Waals surface area contributed by atoms with Crippen molar-refractivity contribution in [1.29, 1.82) is 0 Å². The Labute approximate surface area is 143 Å². The summed E-state index contributed by atoms with van der Waals surface area (Å²) in [4.78, 5) is 23.3. The van der Waals surface area contributed by atoms with Gasteiger partial charge >= 0.3 is 12.1 Å². The fraction of sp³-hybridized carbons (Fsp3) is 0.286. The molecule has 1 aromatic carbocycles. The Hall–Kier alpha value is -2.53. The standard InChI is InChI=1S/C14H12F3N3O4S/c15-14(16,17)7-23-5-9-1-3-10(4-2-9)12(22)24-6-11(21)19-13-20-18-8-25-13/h1-4,8H,5-7H2,(H,19,20,21). The predicted molar refractivity (Wildman–Crippen MR) is 81.0 cm³/mol. The van der Waals surface area contributed by atoms with E-state index in [9.17, 15) is 22.8 Å². The maximum atomic E-state index is 12.0. The van der Waals surface area contributed by atoms with Crippen LogP contribution in [0, 0.1) is 0 Å². The minimum Gasteiger partial charge on any atom is -0.452 e. The zero-order valence-electron chi connectivity index (χ0n) is 12.6. The first-order chi connectivity index (χ1) is 11.8. The van der Waals surface area contributed by atoms with Crippen LogP contribution in [0.5, 0.6) is 0 Å². The molecule has 7 nitrogen and oxygen atoms in total. The van der Waals surface area contributed by atoms with Crippen molar-refractivity contribution >= 4 is 28.3 Å². The number of esters is 1. The smallest absolute Gasteiger partial charge is 0.411 e. The molecule has 0 spiro atoms. The minimum absolute atomic E-state index is 0.156. The van der Waals surface area contributed by atoms with Gasteiger partial charge in [-0.2, -0.15) is 13.2 Å². The topological polar surface area (TPSA) is 90.4 Å². The van der Waals surface area contributed by atoms with Gasteiger partial charge in [-0.15, -0.1) is 10.2 Å². The summed E-state index contributed by atoms with van der Waals surface area (Å²) in [7, 11) is 0. The molecular formula is C14H12F3N3O4S. The zero-order chi connectivity index (χ0) is 18.3. The van der Waals surface area contributed by atoms with E-state index in [0.717, 1.165) is 11.3 Å². The first-order valence-electron chi connectivity index (χ1n) is 6.80. The molecule has 0 fully saturated rings. The highest BCUT2D eigenvalue weighted by molar-refractivity contribution is 7.13. The first-order valence-corrected chi connectivity index (χ1v) is 7.68. The van der Waals surface area contributed by atoms with Gasteiger partial charge in [-0.25, -0.2) is 4.79 Å². The maximum Gasteiger partial charge on any atom is 0.411 e. The van der Waals surface area contributed by atoms with Gasteiger partial charge in [-0.05, 0) is 17.7 Å². The van der Waals surface area contributed by atoms with Crippen LogP contribution in [0.25, 0.3) is 0 Å². The van der Waals surface area contributed by atoms with Crippen molar-refractivity contribution < 1.29 is 32.2 Å². The summed E-state index contributed by atoms with van der Waals surface area (Å²) in [6, 6.07) is 5.62. The highest BCUT2D eigenvalue weighted by Crippen LogP contribution is 2.16. The largest absolute Gasteiger partial charge is 0.452 e. The molecule has 0 atom stereocenters. The van der Waals surface area contributed by atoms with Crippen LogP contribution in [-0.2, 0) is 20.9 Å². The summed E-state index contributed by atoms with van der Waals surface area (Å²) in [5.74, 6) is -1.31. The summed E-state index contributed by atoms with van der Waals surface area (Å²) in [6.07, 6.45) is -4.39. The quantitative estimate of drug-likeness (QED) is 0.748. The van der Waals surface area contributed by atoms with Crippen LogP contribution in [0.4, 0.5) is 18.3 Å². The number of nitrogens with zero attached hydrogens (tertiary/aromatic N) is 2. The molecule has 1 aromatic heterocycles. The third-order valence-corrected chi connectivity index (χ3v) is 3.27. The molecule has 2 rings (SSSR count). The SMILES string of the molecule is O=C(COC(=O)c1ccc(COCC(F)(F)F)cc1)Nc1nncs1. The van der Waals surface area contributed by atoms with Gasteiger partial charge in [0.2, 0.25) is 5.13 Å². The van der Waals surface area contributed by atoms with Crippen LogP contribution in [-0.4, -0.2) is 41.5 Å². The molecule has 0 aliphatic rings. The molecule has 0 bridgehead atoms. The van der Waals surface area contributed by atoms with Crippen molar-refractivity contribution in [3.8, 4) is 0 Å². The minimum atomic E-state index is -4.39. The average Bonchev–Trinajstić information content (AvgIpc) is 3.05. The summed E-state index contributed by atoms with van der Waals surface area (Å²) in [5.41, 5.74) is 2.06. The van der Waals surface area contributed by atoms with E-state index in [-0.39, 0.29) is 17.3 Å². The van der Waals surface area contributed by atoms with Crippen LogP contribution < -0.4 is 5.32 Å². The lowest BCUT2D eigenvalue weighted by atomic mass is 10.1. The van der Waals surface area contributed by atoms with Crippen molar-refractivity contribution in [2.75, 3.05) is 18.5 Å². The first kappa shape index (κ1) is 18.8. The lowest BCUT2D eigenvalue weighted by Gasteiger charge is -2.08. The van der Waals surface area contributed by atoms with Crippen LogP contribution in [0.2, 0.25) is 0 Å². The molecule has 0 aliphatic heterocycles. The Balaban J connectivity index is 1.76. The number of hydrogen-bond acceptors (Lipinski definition) is 7. The van der Waals surface area contributed by atoms with E-state index in [1.54, 1.807) is 0 Å². The fourth-order valence-electron chi connectivity index (χ4n) is 1.62. The Morgan fingerprint density at radius 1 is 1.20 bits per heavy atom. The van der Waals surface area contributed by atoms with Gasteiger partial charge in [-0.1, -0.05) is 23.5 Å². The second-order valence-corrected chi connectivity index (χ2v) is 5.51. The van der Waals surface area contributed by atoms with Gasteiger partial charge < -0.3 is 9.47 Å². The number of hydrogen-bond donors (Lipinski definition) is 1. The third-order valence-electron chi connectivity index (χ3n) is 2.66. The number of alkyl halides is 3. The lowest BCUT2D eigenvalue weighted by Crippen LogP contribution is -2.20. The van der Waals surface area contributed by atoms with Gasteiger partial charge in [-0.3, -0.25) is 10.1 Å². The van der Waals surface area contributed by atoms with E-state index in [1.165, 1.54) is 29.8 Å². The number of carbonyl (C=O) groups is 2. The summed E-state index contributed by atoms with van der Waals surface area (Å²) < 4.78 is 45.3. The van der Waals surface area contributed by atoms with E-state index in [4.69, 9.17) is 4.74 Å². The normalized spacial score (nSPS) is 11.2. The van der Waals surface area contributed by atoms with Crippen molar-refractivity contribution in [2.24, 2.45) is 0 Å². The van der Waals surface area contributed by atoms with Crippen molar-refractivity contribution in [3.63, 3.8) is 0 Å². The van der Waals surface area contributed by atoms with E-state index in [2.05, 4.69) is 20.3 Å². The Morgan fingerprint density at radius 2 is 1.92 bits per heavy atom. The van der Waals surface area contributed by atoms with Crippen molar-refractivity contribution in [2.45, 2.75) is 12.8 Å². The number of aromatic nitrogens is 2. The number of amides is 1. The fourth-order valence-corrected chi connectivity index (χ4v) is 2.08. The molecule has 134 valence electrons. The van der Waals surface area contributed by atoms with Crippen molar-refractivity contribution in [3.05, 3.63) is 40.9 Å². The molecule has 25 heavy (non-hydrogen) atoms. The summed E-state index contributed by atoms with van der Waals surface area (Å²) in [5, 5.41) is 9.81. The Bertz CT molecular complexity index is 705. The van der Waals surface area contributed by atoms with E-state index in [1.807, 2.05) is 0 Å². The van der Waals surface area contributed by atoms with E-state index >= 15 is 0 Å². The second-order valence-electron chi connectivity index (χ2n) is 4.67. The van der Waals surface area contributed by atoms with Crippen LogP contribution >= 0.6 is 11.3 Å². The maximum absolute atomic E-state index is 12.0. The number of nitrogens with one attached hydrogen (secondary N) is 1. The van der Waals surface area contributed by atoms with Crippen molar-refractivity contribution in [1.82, 2.24) is 10.2 Å². The monoisotopic (exact) mass is 375 g/mol. The second kappa shape index (κ2) is 8.53. The number of carbonyl (C=O) groups excluding carboxylic acids is 2. The molecule has 1 N–H and O–H groups in total. The van der Waals surface area contributed by atoms with Gasteiger partial charge in [0, 0.05) is 0 Å². The Morgan fingerprint density at radius 3 is 2.52 bits per heavy atom. The molecule has 0 radical (unpaired) electrons. The number of benzene rings is 1. The number of halogens is 3. The molecule has 11 heteroatoms.